The van der Waals surface area contributed by atoms with Crippen LogP contribution in [0.1, 0.15) is 39.9 Å². The third-order valence-corrected chi connectivity index (χ3v) is 2.78. The van der Waals surface area contributed by atoms with Gasteiger partial charge < -0.3 is 4.52 Å². The molecule has 0 amide bonds. The standard InChI is InChI=1S/C14H12N2O2/c1-9(17)14-13(10(2)18-16-14)7-11-3-5-12(8-15)6-4-11/h3-6H,7H2,1-2H3. The molecule has 0 unspecified atom stereocenters. The number of aryl methyl sites for hydroxylation is 1. The van der Waals surface area contributed by atoms with E-state index in [1.54, 1.807) is 19.1 Å². The average Bonchev–Trinajstić information content (AvgIpc) is 2.72. The average molecular weight is 240 g/mol. The van der Waals surface area contributed by atoms with E-state index in [1.165, 1.54) is 6.92 Å². The molecule has 0 atom stereocenters. The summed E-state index contributed by atoms with van der Waals surface area (Å²) in [5, 5.41) is 12.5. The summed E-state index contributed by atoms with van der Waals surface area (Å²) >= 11 is 0. The van der Waals surface area contributed by atoms with E-state index in [-0.39, 0.29) is 5.78 Å². The number of hydrogen-bond donors (Lipinski definition) is 0. The summed E-state index contributed by atoms with van der Waals surface area (Å²) in [4.78, 5) is 11.4. The Labute approximate surface area is 105 Å². The molecule has 0 bridgehead atoms. The maximum Gasteiger partial charge on any atom is 0.181 e. The molecule has 0 aliphatic heterocycles. The summed E-state index contributed by atoms with van der Waals surface area (Å²) < 4.78 is 5.05. The first-order chi connectivity index (χ1) is 8.61. The molecule has 0 fully saturated rings. The predicted octanol–water partition coefficient (Wildman–Crippen LogP) is 2.65. The third kappa shape index (κ3) is 2.30. The van der Waals surface area contributed by atoms with Gasteiger partial charge in [-0.25, -0.2) is 0 Å². The number of hydrogen-bond acceptors (Lipinski definition) is 4. The van der Waals surface area contributed by atoms with E-state index in [0.29, 0.717) is 23.4 Å². The number of nitrogens with zero attached hydrogens (tertiary/aromatic N) is 2. The summed E-state index contributed by atoms with van der Waals surface area (Å²) in [6.45, 7) is 3.26. The fourth-order valence-corrected chi connectivity index (χ4v) is 1.78. The van der Waals surface area contributed by atoms with Gasteiger partial charge >= 0.3 is 0 Å². The van der Waals surface area contributed by atoms with Crippen LogP contribution in [0, 0.1) is 18.3 Å². The molecule has 0 saturated heterocycles. The zero-order chi connectivity index (χ0) is 13.1. The lowest BCUT2D eigenvalue weighted by Crippen LogP contribution is -2.00. The molecule has 1 aromatic heterocycles. The van der Waals surface area contributed by atoms with E-state index < -0.39 is 0 Å². The number of carbonyl (C=O) groups is 1. The van der Waals surface area contributed by atoms with Crippen molar-refractivity contribution in [2.24, 2.45) is 0 Å². The fraction of sp³-hybridized carbons (Fsp3) is 0.214. The molecule has 0 radical (unpaired) electrons. The molecule has 4 heteroatoms. The van der Waals surface area contributed by atoms with Gasteiger partial charge in [0.15, 0.2) is 11.5 Å². The molecule has 2 aromatic rings. The lowest BCUT2D eigenvalue weighted by atomic mass is 10.0. The van der Waals surface area contributed by atoms with Crippen molar-refractivity contribution >= 4 is 5.78 Å². The highest BCUT2D eigenvalue weighted by atomic mass is 16.5. The Kier molecular flexibility index (Phi) is 3.24. The van der Waals surface area contributed by atoms with Crippen LogP contribution in [0.2, 0.25) is 0 Å². The fourth-order valence-electron chi connectivity index (χ4n) is 1.78. The number of nitriles is 1. The van der Waals surface area contributed by atoms with Gasteiger partial charge in [-0.1, -0.05) is 17.3 Å². The van der Waals surface area contributed by atoms with Crippen LogP contribution in [0.15, 0.2) is 28.8 Å². The van der Waals surface area contributed by atoms with Crippen molar-refractivity contribution in [1.29, 1.82) is 5.26 Å². The van der Waals surface area contributed by atoms with Gasteiger partial charge in [-0.15, -0.1) is 0 Å². The second kappa shape index (κ2) is 4.84. The maximum atomic E-state index is 11.4. The van der Waals surface area contributed by atoms with Crippen molar-refractivity contribution in [3.63, 3.8) is 0 Å². The molecule has 90 valence electrons. The van der Waals surface area contributed by atoms with Gasteiger partial charge in [0.1, 0.15) is 5.76 Å². The number of ketones is 1. The van der Waals surface area contributed by atoms with Gasteiger partial charge in [-0.05, 0) is 24.6 Å². The zero-order valence-electron chi connectivity index (χ0n) is 10.2. The van der Waals surface area contributed by atoms with Crippen molar-refractivity contribution < 1.29 is 9.32 Å². The summed E-state index contributed by atoms with van der Waals surface area (Å²) in [7, 11) is 0. The Bertz CT molecular complexity index is 618. The number of aromatic nitrogens is 1. The molecule has 18 heavy (non-hydrogen) atoms. The smallest absolute Gasteiger partial charge is 0.181 e. The molecule has 2 rings (SSSR count). The number of Topliss-reactive ketones (excluding diaryl/α,β-unsaturated/α-hetero) is 1. The van der Waals surface area contributed by atoms with Crippen molar-refractivity contribution in [2.75, 3.05) is 0 Å². The van der Waals surface area contributed by atoms with Crippen molar-refractivity contribution in [1.82, 2.24) is 5.16 Å². The van der Waals surface area contributed by atoms with Crippen LogP contribution in [0.4, 0.5) is 0 Å². The van der Waals surface area contributed by atoms with Crippen LogP contribution in [-0.2, 0) is 6.42 Å². The minimum absolute atomic E-state index is 0.101. The van der Waals surface area contributed by atoms with Crippen LogP contribution in [0.25, 0.3) is 0 Å². The van der Waals surface area contributed by atoms with E-state index in [2.05, 4.69) is 11.2 Å². The van der Waals surface area contributed by atoms with Gasteiger partial charge in [0.25, 0.3) is 0 Å². The molecule has 0 aliphatic rings. The topological polar surface area (TPSA) is 66.9 Å². The number of carbonyl (C=O) groups excluding carboxylic acids is 1. The first-order valence-electron chi connectivity index (χ1n) is 5.57. The second-order valence-electron chi connectivity index (χ2n) is 4.11. The zero-order valence-corrected chi connectivity index (χ0v) is 10.2. The molecular formula is C14H12N2O2. The Morgan fingerprint density at radius 2 is 2.06 bits per heavy atom. The van der Waals surface area contributed by atoms with Crippen LogP contribution >= 0.6 is 0 Å². The Hall–Kier alpha value is -2.41. The lowest BCUT2D eigenvalue weighted by molar-refractivity contribution is 0.100. The Balaban J connectivity index is 2.31. The summed E-state index contributed by atoms with van der Waals surface area (Å²) in [6, 6.07) is 9.32. The molecule has 0 aliphatic carbocycles. The highest BCUT2D eigenvalue weighted by Gasteiger charge is 2.16. The molecule has 0 N–H and O–H groups in total. The number of rotatable bonds is 3. The number of benzene rings is 1. The molecular weight excluding hydrogens is 228 g/mol. The van der Waals surface area contributed by atoms with Crippen molar-refractivity contribution in [3.05, 3.63) is 52.4 Å². The van der Waals surface area contributed by atoms with E-state index in [0.717, 1.165) is 11.1 Å². The minimum atomic E-state index is -0.101. The Morgan fingerprint density at radius 3 is 2.61 bits per heavy atom. The highest BCUT2D eigenvalue weighted by Crippen LogP contribution is 2.18. The first-order valence-corrected chi connectivity index (χ1v) is 5.57. The normalized spacial score (nSPS) is 10.1. The van der Waals surface area contributed by atoms with Crippen LogP contribution in [0.5, 0.6) is 0 Å². The van der Waals surface area contributed by atoms with Crippen LogP contribution in [0.3, 0.4) is 0 Å². The van der Waals surface area contributed by atoms with E-state index in [4.69, 9.17) is 9.78 Å². The monoisotopic (exact) mass is 240 g/mol. The minimum Gasteiger partial charge on any atom is -0.361 e. The van der Waals surface area contributed by atoms with E-state index in [9.17, 15) is 4.79 Å². The van der Waals surface area contributed by atoms with Gasteiger partial charge in [-0.3, -0.25) is 4.79 Å². The van der Waals surface area contributed by atoms with Gasteiger partial charge in [0, 0.05) is 18.9 Å². The third-order valence-electron chi connectivity index (χ3n) is 2.78. The molecule has 1 aromatic carbocycles. The van der Waals surface area contributed by atoms with Crippen molar-refractivity contribution in [2.45, 2.75) is 20.3 Å². The van der Waals surface area contributed by atoms with Crippen LogP contribution in [-0.4, -0.2) is 10.9 Å². The largest absolute Gasteiger partial charge is 0.361 e. The van der Waals surface area contributed by atoms with Gasteiger partial charge in [0.05, 0.1) is 11.6 Å². The maximum absolute atomic E-state index is 11.4. The summed E-state index contributed by atoms with van der Waals surface area (Å²) in [5.74, 6) is 0.556. The SMILES string of the molecule is CC(=O)c1noc(C)c1Cc1ccc(C#N)cc1. The highest BCUT2D eigenvalue weighted by molar-refractivity contribution is 5.93. The summed E-state index contributed by atoms with van der Waals surface area (Å²) in [5.41, 5.74) is 2.83. The first kappa shape index (κ1) is 12.1. The predicted molar refractivity (Wildman–Crippen MR) is 65.2 cm³/mol. The quantitative estimate of drug-likeness (QED) is 0.773. The lowest BCUT2D eigenvalue weighted by Gasteiger charge is -2.01. The van der Waals surface area contributed by atoms with Gasteiger partial charge in [0.2, 0.25) is 0 Å². The van der Waals surface area contributed by atoms with Crippen LogP contribution < -0.4 is 0 Å². The second-order valence-corrected chi connectivity index (χ2v) is 4.11. The molecule has 1 heterocycles. The summed E-state index contributed by atoms with van der Waals surface area (Å²) in [6.07, 6.45) is 0.579. The Morgan fingerprint density at radius 1 is 1.39 bits per heavy atom. The van der Waals surface area contributed by atoms with Gasteiger partial charge in [-0.2, -0.15) is 5.26 Å². The van der Waals surface area contributed by atoms with Crippen molar-refractivity contribution in [3.8, 4) is 6.07 Å². The van der Waals surface area contributed by atoms with E-state index >= 15 is 0 Å². The van der Waals surface area contributed by atoms with E-state index in [1.807, 2.05) is 12.1 Å². The molecule has 4 nitrogen and oxygen atoms in total. The molecule has 0 spiro atoms. The molecule has 0 saturated carbocycles.